The Morgan fingerprint density at radius 3 is 2.50 bits per heavy atom. The van der Waals surface area contributed by atoms with Crippen LogP contribution in [0.3, 0.4) is 0 Å². The number of hydrogen-bond donors (Lipinski definition) is 0. The van der Waals surface area contributed by atoms with Crippen LogP contribution in [-0.4, -0.2) is 4.92 Å². The Morgan fingerprint density at radius 2 is 2.17 bits per heavy atom. The summed E-state index contributed by atoms with van der Waals surface area (Å²) >= 11 is 0. The van der Waals surface area contributed by atoms with E-state index >= 15 is 0 Å². The third-order valence-electron chi connectivity index (χ3n) is 0.915. The fraction of sp³-hybridized carbons (Fsp3) is 0.143. The van der Waals surface area contributed by atoms with Crippen LogP contribution in [0.2, 0.25) is 0 Å². The predicted molar refractivity (Wildman–Crippen MR) is 40.2 cm³/mol. The zero-order chi connectivity index (χ0) is 9.56. The molecular weight excluding hydrogens is 168 g/mol. The van der Waals surface area contributed by atoms with Crippen LogP contribution in [0.25, 0.3) is 0 Å². The van der Waals surface area contributed by atoms with Crippen LogP contribution in [0.4, 0.5) is 8.78 Å². The van der Waals surface area contributed by atoms with Crippen LogP contribution >= 0.6 is 0 Å². The molecule has 0 N–H and O–H groups in total. The molecule has 0 aliphatic rings. The minimum atomic E-state index is -0.905. The molecule has 0 radical (unpaired) electrons. The van der Waals surface area contributed by atoms with Gasteiger partial charge in [0, 0.05) is 6.08 Å². The summed E-state index contributed by atoms with van der Waals surface area (Å²) in [7, 11) is 0. The molecule has 0 aromatic carbocycles. The third-order valence-corrected chi connectivity index (χ3v) is 0.915. The zero-order valence-corrected chi connectivity index (χ0v) is 6.33. The van der Waals surface area contributed by atoms with Crippen molar-refractivity contribution in [1.29, 1.82) is 0 Å². The van der Waals surface area contributed by atoms with E-state index in [2.05, 4.69) is 0 Å². The van der Waals surface area contributed by atoms with Crippen LogP contribution < -0.4 is 0 Å². The standard InChI is InChI=1S/C7H7F2NO2/c1-6(9)3-2-4-7(5-8)10(11)12/h2-5H,1H3/b4-2-,6-3+,7-5-. The van der Waals surface area contributed by atoms with Crippen molar-refractivity contribution in [2.24, 2.45) is 0 Å². The van der Waals surface area contributed by atoms with Gasteiger partial charge in [-0.15, -0.1) is 0 Å². The monoisotopic (exact) mass is 175 g/mol. The van der Waals surface area contributed by atoms with E-state index in [1.165, 1.54) is 6.92 Å². The first-order valence-electron chi connectivity index (χ1n) is 3.03. The van der Waals surface area contributed by atoms with Crippen molar-refractivity contribution in [2.75, 3.05) is 0 Å². The Labute approximate surface area is 67.8 Å². The summed E-state index contributed by atoms with van der Waals surface area (Å²) in [6.07, 6.45) is 2.76. The molecule has 0 fully saturated rings. The summed E-state index contributed by atoms with van der Waals surface area (Å²) < 4.78 is 23.6. The van der Waals surface area contributed by atoms with Gasteiger partial charge in [-0.1, -0.05) is 6.08 Å². The maximum atomic E-state index is 12.0. The van der Waals surface area contributed by atoms with E-state index in [1.807, 2.05) is 0 Å². The molecule has 0 unspecified atom stereocenters. The van der Waals surface area contributed by atoms with E-state index in [4.69, 9.17) is 0 Å². The maximum Gasteiger partial charge on any atom is 0.297 e. The summed E-state index contributed by atoms with van der Waals surface area (Å²) in [5.41, 5.74) is -0.715. The van der Waals surface area contributed by atoms with Gasteiger partial charge in [-0.25, -0.2) is 8.78 Å². The molecule has 0 saturated carbocycles. The van der Waals surface area contributed by atoms with Crippen LogP contribution in [0.5, 0.6) is 0 Å². The molecule has 0 aliphatic heterocycles. The highest BCUT2D eigenvalue weighted by molar-refractivity contribution is 5.15. The SMILES string of the molecule is C\C(F)=C/C=C\C(=C\F)[N+](=O)[O-]. The quantitative estimate of drug-likeness (QED) is 0.375. The Hall–Kier alpha value is -1.52. The summed E-state index contributed by atoms with van der Waals surface area (Å²) in [4.78, 5) is 9.03. The highest BCUT2D eigenvalue weighted by atomic mass is 19.1. The molecule has 0 saturated heterocycles. The van der Waals surface area contributed by atoms with E-state index in [0.29, 0.717) is 0 Å². The molecular formula is C7H7F2NO2. The largest absolute Gasteiger partial charge is 0.297 e. The molecule has 0 atom stereocenters. The molecule has 5 heteroatoms. The van der Waals surface area contributed by atoms with Gasteiger partial charge in [0.2, 0.25) is 0 Å². The molecule has 0 aromatic heterocycles. The molecule has 66 valence electrons. The minimum Gasteiger partial charge on any atom is -0.258 e. The molecule has 12 heavy (non-hydrogen) atoms. The Balaban J connectivity index is 4.33. The lowest BCUT2D eigenvalue weighted by atomic mass is 10.4. The van der Waals surface area contributed by atoms with E-state index in [-0.39, 0.29) is 6.33 Å². The van der Waals surface area contributed by atoms with Crippen molar-refractivity contribution in [3.05, 3.63) is 46.2 Å². The number of halogens is 2. The van der Waals surface area contributed by atoms with Gasteiger partial charge in [0.15, 0.2) is 6.33 Å². The average molecular weight is 175 g/mol. The minimum absolute atomic E-state index is 0.155. The van der Waals surface area contributed by atoms with Crippen molar-refractivity contribution in [3.8, 4) is 0 Å². The lowest BCUT2D eigenvalue weighted by Gasteiger charge is -1.84. The first-order chi connectivity index (χ1) is 5.57. The molecule has 0 aliphatic carbocycles. The second kappa shape index (κ2) is 5.17. The highest BCUT2D eigenvalue weighted by Crippen LogP contribution is 2.00. The number of allylic oxidation sites excluding steroid dienone is 4. The fourth-order valence-electron chi connectivity index (χ4n) is 0.416. The lowest BCUT2D eigenvalue weighted by molar-refractivity contribution is -0.420. The second-order valence-electron chi connectivity index (χ2n) is 1.90. The molecule has 0 bridgehead atoms. The smallest absolute Gasteiger partial charge is 0.258 e. The van der Waals surface area contributed by atoms with Crippen molar-refractivity contribution >= 4 is 0 Å². The Bertz CT molecular complexity index is 252. The lowest BCUT2D eigenvalue weighted by Crippen LogP contribution is -1.93. The van der Waals surface area contributed by atoms with Gasteiger partial charge in [0.05, 0.1) is 10.8 Å². The van der Waals surface area contributed by atoms with Crippen molar-refractivity contribution in [3.63, 3.8) is 0 Å². The third kappa shape index (κ3) is 4.32. The summed E-state index contributed by atoms with van der Waals surface area (Å²) in [5, 5.41) is 9.94. The van der Waals surface area contributed by atoms with Crippen LogP contribution in [0, 0.1) is 10.1 Å². The van der Waals surface area contributed by atoms with E-state index < -0.39 is 16.4 Å². The van der Waals surface area contributed by atoms with Gasteiger partial charge < -0.3 is 0 Å². The molecule has 0 amide bonds. The number of rotatable bonds is 3. The van der Waals surface area contributed by atoms with Crippen molar-refractivity contribution < 1.29 is 13.7 Å². The van der Waals surface area contributed by atoms with Gasteiger partial charge in [0.1, 0.15) is 0 Å². The van der Waals surface area contributed by atoms with Crippen molar-refractivity contribution in [2.45, 2.75) is 6.92 Å². The van der Waals surface area contributed by atoms with E-state index in [9.17, 15) is 18.9 Å². The van der Waals surface area contributed by atoms with Gasteiger partial charge in [0.25, 0.3) is 5.70 Å². The molecule has 0 aromatic rings. The summed E-state index contributed by atoms with van der Waals surface area (Å²) in [6.45, 7) is 1.18. The molecule has 0 rings (SSSR count). The van der Waals surface area contributed by atoms with Crippen LogP contribution in [-0.2, 0) is 0 Å². The molecule has 3 nitrogen and oxygen atoms in total. The summed E-state index contributed by atoms with van der Waals surface area (Å²) in [6, 6.07) is 0. The molecule has 0 heterocycles. The Kier molecular flexibility index (Phi) is 4.52. The predicted octanol–water partition coefficient (Wildman–Crippen LogP) is 2.50. The van der Waals surface area contributed by atoms with Crippen LogP contribution in [0.1, 0.15) is 6.92 Å². The van der Waals surface area contributed by atoms with E-state index in [1.54, 1.807) is 0 Å². The average Bonchev–Trinajstić information content (AvgIpc) is 1.96. The van der Waals surface area contributed by atoms with E-state index in [0.717, 1.165) is 18.2 Å². The van der Waals surface area contributed by atoms with Gasteiger partial charge in [-0.3, -0.25) is 10.1 Å². The first kappa shape index (κ1) is 10.5. The number of nitro groups is 1. The topological polar surface area (TPSA) is 43.1 Å². The maximum absolute atomic E-state index is 12.0. The van der Waals surface area contributed by atoms with Crippen LogP contribution in [0.15, 0.2) is 36.1 Å². The van der Waals surface area contributed by atoms with Gasteiger partial charge >= 0.3 is 0 Å². The van der Waals surface area contributed by atoms with Crippen molar-refractivity contribution in [1.82, 2.24) is 0 Å². The first-order valence-corrected chi connectivity index (χ1v) is 3.03. The second-order valence-corrected chi connectivity index (χ2v) is 1.90. The van der Waals surface area contributed by atoms with Gasteiger partial charge in [-0.05, 0) is 13.0 Å². The summed E-state index contributed by atoms with van der Waals surface area (Å²) in [5.74, 6) is -0.507. The zero-order valence-electron chi connectivity index (χ0n) is 6.33. The highest BCUT2D eigenvalue weighted by Gasteiger charge is 2.03. The van der Waals surface area contributed by atoms with Gasteiger partial charge in [-0.2, -0.15) is 0 Å². The fourth-order valence-corrected chi connectivity index (χ4v) is 0.416. The Morgan fingerprint density at radius 1 is 1.58 bits per heavy atom. The molecule has 0 spiro atoms. The normalized spacial score (nSPS) is 13.9. The number of nitrogens with zero attached hydrogens (tertiary/aromatic N) is 1. The number of hydrogen-bond acceptors (Lipinski definition) is 2.